The van der Waals surface area contributed by atoms with Gasteiger partial charge in [-0.1, -0.05) is 34.5 Å². The Hall–Kier alpha value is -3.94. The Labute approximate surface area is 200 Å². The molecule has 1 aliphatic heterocycles. The molecule has 35 heavy (non-hydrogen) atoms. The lowest BCUT2D eigenvalue weighted by Crippen LogP contribution is -2.48. The average molecular weight is 519 g/mol. The summed E-state index contributed by atoms with van der Waals surface area (Å²) in [5.41, 5.74) is 0.374. The number of methoxy groups -OCH3 is 1. The van der Waals surface area contributed by atoms with Gasteiger partial charge < -0.3 is 14.6 Å². The number of carboxylic acids is 1. The second-order valence-corrected chi connectivity index (χ2v) is 10.8. The number of anilines is 1. The summed E-state index contributed by atoms with van der Waals surface area (Å²) in [6.45, 7) is -0.746. The first-order valence-corrected chi connectivity index (χ1v) is 12.8. The van der Waals surface area contributed by atoms with Gasteiger partial charge in [0.25, 0.3) is 10.0 Å². The normalized spacial score (nSPS) is 14.1. The number of benzene rings is 3. The van der Waals surface area contributed by atoms with Crippen LogP contribution in [0.3, 0.4) is 0 Å². The Balaban J connectivity index is 1.75. The van der Waals surface area contributed by atoms with Crippen LogP contribution in [0.4, 0.5) is 5.69 Å². The van der Waals surface area contributed by atoms with E-state index in [4.69, 9.17) is 14.6 Å². The first kappa shape index (κ1) is 24.2. The number of rotatable bonds is 7. The molecule has 1 heterocycles. The van der Waals surface area contributed by atoms with Crippen molar-refractivity contribution in [2.75, 3.05) is 18.0 Å². The highest BCUT2D eigenvalue weighted by atomic mass is 32.3. The van der Waals surface area contributed by atoms with Gasteiger partial charge in [0, 0.05) is 17.5 Å². The minimum absolute atomic E-state index is 0.0490. The molecular weight excluding hydrogens is 500 g/mol. The highest BCUT2D eigenvalue weighted by molar-refractivity contribution is 8.05. The van der Waals surface area contributed by atoms with Crippen LogP contribution in [0.15, 0.2) is 65.6 Å². The molecule has 0 radical (unpaired) electrons. The van der Waals surface area contributed by atoms with E-state index in [-0.39, 0.29) is 21.7 Å². The molecule has 0 amide bonds. The van der Waals surface area contributed by atoms with Crippen molar-refractivity contribution in [1.82, 2.24) is 4.13 Å². The molecule has 0 atom stereocenters. The van der Waals surface area contributed by atoms with Crippen LogP contribution in [0.5, 0.6) is 11.5 Å². The van der Waals surface area contributed by atoms with Crippen molar-refractivity contribution in [2.45, 2.75) is 4.90 Å². The van der Waals surface area contributed by atoms with Gasteiger partial charge in [-0.15, -0.1) is 0 Å². The van der Waals surface area contributed by atoms with Crippen LogP contribution in [-0.4, -0.2) is 47.5 Å². The zero-order chi connectivity index (χ0) is 25.4. The van der Waals surface area contributed by atoms with Gasteiger partial charge in [0.05, 0.1) is 17.7 Å². The van der Waals surface area contributed by atoms with Crippen LogP contribution in [0, 0.1) is 0 Å². The van der Waals surface area contributed by atoms with E-state index in [0.29, 0.717) is 21.0 Å². The van der Waals surface area contributed by atoms with Gasteiger partial charge >= 0.3 is 22.1 Å². The van der Waals surface area contributed by atoms with Gasteiger partial charge in [-0.3, -0.25) is 0 Å². The van der Waals surface area contributed by atoms with E-state index in [1.807, 2.05) is 0 Å². The van der Waals surface area contributed by atoms with Crippen molar-refractivity contribution in [1.29, 1.82) is 0 Å². The Morgan fingerprint density at radius 3 is 2.49 bits per heavy atom. The lowest BCUT2D eigenvalue weighted by atomic mass is 10.0. The minimum atomic E-state index is -4.79. The number of fused-ring (bicyclic) bond motifs is 2. The van der Waals surface area contributed by atoms with E-state index in [9.17, 15) is 26.4 Å². The van der Waals surface area contributed by atoms with Gasteiger partial charge in [0.15, 0.2) is 5.75 Å². The maximum absolute atomic E-state index is 13.2. The lowest BCUT2D eigenvalue weighted by molar-refractivity contribution is -0.133. The molecule has 0 spiro atoms. The summed E-state index contributed by atoms with van der Waals surface area (Å²) in [7, 11) is -8.09. The summed E-state index contributed by atoms with van der Waals surface area (Å²) in [4.78, 5) is 22.6. The quantitative estimate of drug-likeness (QED) is 0.271. The highest BCUT2D eigenvalue weighted by Crippen LogP contribution is 2.37. The zero-order valence-electron chi connectivity index (χ0n) is 18.0. The molecule has 3 aromatic rings. The van der Waals surface area contributed by atoms with Crippen molar-refractivity contribution in [3.63, 3.8) is 0 Å². The number of carboxylic acid groups (broad SMARTS) is 1. The molecule has 4 rings (SSSR count). The second-order valence-electron chi connectivity index (χ2n) is 7.28. The summed E-state index contributed by atoms with van der Waals surface area (Å²) in [5.74, 6) is -1.90. The standard InChI is InChI=1S/C22H18N2O9S2/c1-32-15-8-9-18-19(12-15)33-22(27)13-24(18)35(30,31)23-34(28,29)20-10-6-14(7-11-21(25)26)16-4-2-3-5-17(16)20/h2-12,23H,13H2,1H3,(H,25,26)/b11-7+. The molecule has 0 bridgehead atoms. The van der Waals surface area contributed by atoms with E-state index in [1.165, 1.54) is 49.6 Å². The predicted octanol–water partition coefficient (Wildman–Crippen LogP) is 1.89. The Kier molecular flexibility index (Phi) is 6.23. The van der Waals surface area contributed by atoms with Gasteiger partial charge in [0.2, 0.25) is 0 Å². The summed E-state index contributed by atoms with van der Waals surface area (Å²) < 4.78 is 65.1. The van der Waals surface area contributed by atoms with Gasteiger partial charge in [-0.05, 0) is 35.2 Å². The van der Waals surface area contributed by atoms with Crippen LogP contribution < -0.4 is 17.9 Å². The fraction of sp³-hybridized carbons (Fsp3) is 0.0909. The van der Waals surface area contributed by atoms with Crippen LogP contribution in [0.2, 0.25) is 0 Å². The third-order valence-corrected chi connectivity index (χ3v) is 8.61. The number of hydrogen-bond acceptors (Lipinski definition) is 8. The number of ether oxygens (including phenoxy) is 2. The molecule has 0 saturated carbocycles. The summed E-state index contributed by atoms with van der Waals surface area (Å²) in [5, 5.41) is 9.46. The Morgan fingerprint density at radius 2 is 1.80 bits per heavy atom. The first-order chi connectivity index (χ1) is 16.5. The number of carbonyl (C=O) groups is 2. The van der Waals surface area contributed by atoms with E-state index in [2.05, 4.69) is 0 Å². The molecule has 13 heteroatoms. The third kappa shape index (κ3) is 4.82. The minimum Gasteiger partial charge on any atom is -0.497 e. The number of nitrogens with zero attached hydrogens (tertiary/aromatic N) is 1. The predicted molar refractivity (Wildman–Crippen MR) is 126 cm³/mol. The number of aliphatic carboxylic acids is 1. The van der Waals surface area contributed by atoms with Crippen molar-refractivity contribution in [2.24, 2.45) is 0 Å². The van der Waals surface area contributed by atoms with Crippen LogP contribution >= 0.6 is 0 Å². The number of sulfonamides is 1. The van der Waals surface area contributed by atoms with Crippen molar-refractivity contribution < 1.29 is 41.0 Å². The number of carbonyl (C=O) groups excluding carboxylic acids is 1. The topological polar surface area (TPSA) is 156 Å². The SMILES string of the molecule is COc1ccc2c(c1)OC(=O)CN2S(=O)(=O)NS(=O)(=O)c1ccc(/C=C/C(=O)O)c2ccccc12. The van der Waals surface area contributed by atoms with E-state index >= 15 is 0 Å². The maximum atomic E-state index is 13.2. The zero-order valence-corrected chi connectivity index (χ0v) is 19.7. The number of hydrogen-bond donors (Lipinski definition) is 2. The highest BCUT2D eigenvalue weighted by Gasteiger charge is 2.36. The molecule has 0 fully saturated rings. The van der Waals surface area contributed by atoms with Crippen molar-refractivity contribution >= 4 is 54.7 Å². The number of esters is 1. The third-order valence-electron chi connectivity index (χ3n) is 5.05. The molecule has 0 aliphatic carbocycles. The van der Waals surface area contributed by atoms with E-state index in [0.717, 1.165) is 6.08 Å². The molecule has 1 aliphatic rings. The fourth-order valence-electron chi connectivity index (χ4n) is 3.54. The molecule has 0 unspecified atom stereocenters. The molecule has 0 saturated heterocycles. The van der Waals surface area contributed by atoms with Crippen LogP contribution in [-0.2, 0) is 29.8 Å². The largest absolute Gasteiger partial charge is 0.497 e. The van der Waals surface area contributed by atoms with Crippen molar-refractivity contribution in [3.05, 3.63) is 66.2 Å². The van der Waals surface area contributed by atoms with Gasteiger partial charge in [0.1, 0.15) is 12.3 Å². The monoisotopic (exact) mass is 518 g/mol. The summed E-state index contributed by atoms with van der Waals surface area (Å²) in [6.07, 6.45) is 2.20. The van der Waals surface area contributed by atoms with E-state index < -0.39 is 38.7 Å². The van der Waals surface area contributed by atoms with Crippen LogP contribution in [0.1, 0.15) is 5.56 Å². The maximum Gasteiger partial charge on any atom is 0.332 e. The summed E-state index contributed by atoms with van der Waals surface area (Å²) in [6, 6.07) is 12.8. The average Bonchev–Trinajstić information content (AvgIpc) is 2.80. The summed E-state index contributed by atoms with van der Waals surface area (Å²) >= 11 is 0. The molecular formula is C22H18N2O9S2. The van der Waals surface area contributed by atoms with Crippen LogP contribution in [0.25, 0.3) is 16.8 Å². The molecule has 11 nitrogen and oxygen atoms in total. The second kappa shape index (κ2) is 9.02. The lowest BCUT2D eigenvalue weighted by Gasteiger charge is -2.29. The number of nitrogens with one attached hydrogen (secondary N) is 1. The smallest absolute Gasteiger partial charge is 0.332 e. The first-order valence-electron chi connectivity index (χ1n) is 9.89. The fourth-order valence-corrected chi connectivity index (χ4v) is 6.77. The molecule has 0 aromatic heterocycles. The van der Waals surface area contributed by atoms with Crippen molar-refractivity contribution in [3.8, 4) is 11.5 Å². The Bertz CT molecular complexity index is 1600. The van der Waals surface area contributed by atoms with E-state index in [1.54, 1.807) is 22.3 Å². The molecule has 2 N–H and O–H groups in total. The van der Waals surface area contributed by atoms with Gasteiger partial charge in [-0.25, -0.2) is 22.3 Å². The molecule has 3 aromatic carbocycles. The molecule has 182 valence electrons. The van der Waals surface area contributed by atoms with Gasteiger partial charge in [-0.2, -0.15) is 8.42 Å². The Morgan fingerprint density at radius 1 is 1.09 bits per heavy atom.